The lowest BCUT2D eigenvalue weighted by Crippen LogP contribution is -2.40. The van der Waals surface area contributed by atoms with Crippen molar-refractivity contribution in [2.24, 2.45) is 17.6 Å². The third-order valence-corrected chi connectivity index (χ3v) is 5.25. The van der Waals surface area contributed by atoms with Gasteiger partial charge in [0.05, 0.1) is 5.92 Å². The molecule has 1 aliphatic rings. The molecule has 2 N–H and O–H groups in total. The first-order valence-electron chi connectivity index (χ1n) is 7.30. The summed E-state index contributed by atoms with van der Waals surface area (Å²) in [5.41, 5.74) is 5.82. The first-order valence-corrected chi connectivity index (χ1v) is 8.28. The highest BCUT2D eigenvalue weighted by atomic mass is 32.2. The summed E-state index contributed by atoms with van der Waals surface area (Å²) < 4.78 is 0. The van der Waals surface area contributed by atoms with Crippen molar-refractivity contribution >= 4 is 17.7 Å². The number of amides is 1. The standard InChI is InChI=1S/C16H24N2OS/c1-12(13(2)17)16(19)18-9-8-14(10-18)11-20-15-6-4-3-5-7-15/h3-7,12-14H,8-11,17H2,1-2H3. The van der Waals surface area contributed by atoms with E-state index in [-0.39, 0.29) is 17.9 Å². The second-order valence-electron chi connectivity index (χ2n) is 5.71. The smallest absolute Gasteiger partial charge is 0.226 e. The van der Waals surface area contributed by atoms with Crippen molar-refractivity contribution in [1.29, 1.82) is 0 Å². The van der Waals surface area contributed by atoms with Crippen LogP contribution in [0.3, 0.4) is 0 Å². The van der Waals surface area contributed by atoms with Gasteiger partial charge in [0.1, 0.15) is 0 Å². The third-order valence-electron chi connectivity index (χ3n) is 4.00. The molecule has 1 heterocycles. The molecule has 1 amide bonds. The van der Waals surface area contributed by atoms with E-state index in [4.69, 9.17) is 5.73 Å². The van der Waals surface area contributed by atoms with Crippen molar-refractivity contribution in [1.82, 2.24) is 4.90 Å². The predicted octanol–water partition coefficient (Wildman–Crippen LogP) is 2.61. The highest BCUT2D eigenvalue weighted by molar-refractivity contribution is 7.99. The molecule has 4 heteroatoms. The number of nitrogens with zero attached hydrogens (tertiary/aromatic N) is 1. The van der Waals surface area contributed by atoms with Gasteiger partial charge in [-0.15, -0.1) is 11.8 Å². The number of thioether (sulfide) groups is 1. The van der Waals surface area contributed by atoms with Gasteiger partial charge in [0.2, 0.25) is 5.91 Å². The summed E-state index contributed by atoms with van der Waals surface area (Å²) in [4.78, 5) is 15.5. The number of hydrogen-bond donors (Lipinski definition) is 1. The maximum absolute atomic E-state index is 12.2. The Hall–Kier alpha value is -1.00. The molecule has 1 aromatic carbocycles. The van der Waals surface area contributed by atoms with E-state index in [1.807, 2.05) is 36.6 Å². The van der Waals surface area contributed by atoms with Crippen LogP contribution in [0.1, 0.15) is 20.3 Å². The molecule has 1 saturated heterocycles. The van der Waals surface area contributed by atoms with Gasteiger partial charge in [-0.05, 0) is 31.4 Å². The number of benzene rings is 1. The van der Waals surface area contributed by atoms with Gasteiger partial charge in [-0.25, -0.2) is 0 Å². The van der Waals surface area contributed by atoms with Crippen molar-refractivity contribution in [3.05, 3.63) is 30.3 Å². The monoisotopic (exact) mass is 292 g/mol. The zero-order chi connectivity index (χ0) is 14.5. The molecular weight excluding hydrogens is 268 g/mol. The molecule has 0 bridgehead atoms. The molecule has 0 radical (unpaired) electrons. The Morgan fingerprint density at radius 3 is 2.75 bits per heavy atom. The molecule has 110 valence electrons. The Kier molecular flexibility index (Phi) is 5.49. The number of carbonyl (C=O) groups is 1. The van der Waals surface area contributed by atoms with Crippen LogP contribution in [0.5, 0.6) is 0 Å². The van der Waals surface area contributed by atoms with Crippen LogP contribution in [0.15, 0.2) is 35.2 Å². The van der Waals surface area contributed by atoms with Gasteiger partial charge in [-0.2, -0.15) is 0 Å². The Balaban J connectivity index is 1.79. The van der Waals surface area contributed by atoms with Gasteiger partial charge in [0.15, 0.2) is 0 Å². The van der Waals surface area contributed by atoms with Crippen LogP contribution >= 0.6 is 11.8 Å². The first kappa shape index (κ1) is 15.4. The number of hydrogen-bond acceptors (Lipinski definition) is 3. The zero-order valence-corrected chi connectivity index (χ0v) is 13.1. The molecule has 3 nitrogen and oxygen atoms in total. The molecule has 0 aromatic heterocycles. The molecule has 1 fully saturated rings. The molecule has 2 rings (SSSR count). The summed E-state index contributed by atoms with van der Waals surface area (Å²) in [6.07, 6.45) is 1.11. The maximum Gasteiger partial charge on any atom is 0.226 e. The van der Waals surface area contributed by atoms with E-state index < -0.39 is 0 Å². The van der Waals surface area contributed by atoms with Crippen molar-refractivity contribution < 1.29 is 4.79 Å². The summed E-state index contributed by atoms with van der Waals surface area (Å²) in [7, 11) is 0. The van der Waals surface area contributed by atoms with Crippen LogP contribution in [0.25, 0.3) is 0 Å². The van der Waals surface area contributed by atoms with E-state index >= 15 is 0 Å². The summed E-state index contributed by atoms with van der Waals surface area (Å²) in [6.45, 7) is 5.60. The van der Waals surface area contributed by atoms with Crippen LogP contribution in [0.2, 0.25) is 0 Å². The van der Waals surface area contributed by atoms with Crippen LogP contribution in [-0.2, 0) is 4.79 Å². The number of nitrogens with two attached hydrogens (primary N) is 1. The SMILES string of the molecule is CC(N)C(C)C(=O)N1CCC(CSc2ccccc2)C1. The number of rotatable bonds is 5. The molecule has 0 saturated carbocycles. The summed E-state index contributed by atoms with van der Waals surface area (Å²) in [6, 6.07) is 10.4. The van der Waals surface area contributed by atoms with Gasteiger partial charge in [0.25, 0.3) is 0 Å². The van der Waals surface area contributed by atoms with Crippen LogP contribution in [0, 0.1) is 11.8 Å². The van der Waals surface area contributed by atoms with Crippen LogP contribution < -0.4 is 5.73 Å². The third kappa shape index (κ3) is 4.00. The maximum atomic E-state index is 12.2. The molecular formula is C16H24N2OS. The zero-order valence-electron chi connectivity index (χ0n) is 12.3. The summed E-state index contributed by atoms with van der Waals surface area (Å²) in [5.74, 6) is 1.83. The number of carbonyl (C=O) groups excluding carboxylic acids is 1. The minimum absolute atomic E-state index is 0.0692. The second-order valence-corrected chi connectivity index (χ2v) is 6.80. The van der Waals surface area contributed by atoms with Gasteiger partial charge in [0, 0.05) is 29.8 Å². The Morgan fingerprint density at radius 2 is 2.10 bits per heavy atom. The lowest BCUT2D eigenvalue weighted by molar-refractivity contribution is -0.134. The fourth-order valence-electron chi connectivity index (χ4n) is 2.41. The van der Waals surface area contributed by atoms with E-state index in [1.54, 1.807) is 0 Å². The van der Waals surface area contributed by atoms with Crippen LogP contribution in [-0.4, -0.2) is 35.7 Å². The molecule has 1 aromatic rings. The number of likely N-dealkylation sites (tertiary alicyclic amines) is 1. The molecule has 3 unspecified atom stereocenters. The van der Waals surface area contributed by atoms with E-state index in [1.165, 1.54) is 4.90 Å². The Morgan fingerprint density at radius 1 is 1.40 bits per heavy atom. The van der Waals surface area contributed by atoms with Crippen molar-refractivity contribution in [2.75, 3.05) is 18.8 Å². The van der Waals surface area contributed by atoms with Gasteiger partial charge >= 0.3 is 0 Å². The van der Waals surface area contributed by atoms with Gasteiger partial charge in [-0.1, -0.05) is 25.1 Å². The molecule has 0 spiro atoms. The molecule has 3 atom stereocenters. The molecule has 1 aliphatic heterocycles. The predicted molar refractivity (Wildman–Crippen MR) is 84.7 cm³/mol. The molecule has 0 aliphatic carbocycles. The summed E-state index contributed by atoms with van der Waals surface area (Å²) in [5, 5.41) is 0. The average molecular weight is 292 g/mol. The minimum Gasteiger partial charge on any atom is -0.342 e. The van der Waals surface area contributed by atoms with Crippen LogP contribution in [0.4, 0.5) is 0 Å². The normalized spacial score (nSPS) is 21.8. The van der Waals surface area contributed by atoms with Crippen molar-refractivity contribution in [3.8, 4) is 0 Å². The van der Waals surface area contributed by atoms with E-state index in [0.717, 1.165) is 25.3 Å². The fourth-order valence-corrected chi connectivity index (χ4v) is 3.46. The topological polar surface area (TPSA) is 46.3 Å². The van der Waals surface area contributed by atoms with Gasteiger partial charge < -0.3 is 10.6 Å². The second kappa shape index (κ2) is 7.14. The minimum atomic E-state index is -0.0736. The quantitative estimate of drug-likeness (QED) is 0.849. The first-order chi connectivity index (χ1) is 9.58. The molecule has 20 heavy (non-hydrogen) atoms. The lowest BCUT2D eigenvalue weighted by Gasteiger charge is -2.23. The summed E-state index contributed by atoms with van der Waals surface area (Å²) >= 11 is 1.88. The Labute approximate surface area is 125 Å². The average Bonchev–Trinajstić information content (AvgIpc) is 2.93. The van der Waals surface area contributed by atoms with Crippen molar-refractivity contribution in [3.63, 3.8) is 0 Å². The highest BCUT2D eigenvalue weighted by Crippen LogP contribution is 2.26. The van der Waals surface area contributed by atoms with Crippen molar-refractivity contribution in [2.45, 2.75) is 31.2 Å². The lowest BCUT2D eigenvalue weighted by atomic mass is 10.0. The Bertz CT molecular complexity index is 435. The largest absolute Gasteiger partial charge is 0.342 e. The highest BCUT2D eigenvalue weighted by Gasteiger charge is 2.30. The van der Waals surface area contributed by atoms with E-state index in [9.17, 15) is 4.79 Å². The fraction of sp³-hybridized carbons (Fsp3) is 0.562. The van der Waals surface area contributed by atoms with E-state index in [2.05, 4.69) is 24.3 Å². The van der Waals surface area contributed by atoms with E-state index in [0.29, 0.717) is 5.92 Å². The van der Waals surface area contributed by atoms with Gasteiger partial charge in [-0.3, -0.25) is 4.79 Å².